The second kappa shape index (κ2) is 20.1. The second-order valence-electron chi connectivity index (χ2n) is 11.9. The summed E-state index contributed by atoms with van der Waals surface area (Å²) in [6.07, 6.45) is 12.5. The molecule has 1 aromatic rings. The number of halogens is 1. The van der Waals surface area contributed by atoms with Crippen molar-refractivity contribution < 1.29 is 38.8 Å². The number of nitrogens with zero attached hydrogens (tertiary/aromatic N) is 1. The molecule has 4 unspecified atom stereocenters. The first-order valence-electron chi connectivity index (χ1n) is 16.5. The summed E-state index contributed by atoms with van der Waals surface area (Å²) in [5.74, 6) is 0.175. The number of aliphatic hydroxyl groups is 2. The fraction of sp³-hybridized carbons (Fsp3) is 0.676. The molecule has 10 nitrogen and oxygen atoms in total. The van der Waals surface area contributed by atoms with Gasteiger partial charge in [0.05, 0.1) is 29.4 Å². The number of aliphatic hydroxyl groups excluding tert-OH is 2. The van der Waals surface area contributed by atoms with E-state index in [0.717, 1.165) is 32.1 Å². The van der Waals surface area contributed by atoms with Gasteiger partial charge < -0.3 is 34.6 Å². The Labute approximate surface area is 281 Å². The van der Waals surface area contributed by atoms with Crippen LogP contribution in [0.25, 0.3) is 0 Å². The molecule has 3 rings (SSSR count). The van der Waals surface area contributed by atoms with Gasteiger partial charge >= 0.3 is 0 Å². The Morgan fingerprint density at radius 3 is 2.47 bits per heavy atom. The molecule has 1 aromatic carbocycles. The van der Waals surface area contributed by atoms with Crippen molar-refractivity contribution in [1.82, 2.24) is 10.2 Å². The number of rotatable bonds is 20. The molecular formula is C34H51IN2O8. The van der Waals surface area contributed by atoms with E-state index in [0.29, 0.717) is 52.1 Å². The number of hydrogen-bond donors (Lipinski definition) is 3. The van der Waals surface area contributed by atoms with Gasteiger partial charge in [0.2, 0.25) is 11.8 Å². The number of amides is 2. The second-order valence-corrected chi connectivity index (χ2v) is 13.1. The monoisotopic (exact) mass is 742 g/mol. The van der Waals surface area contributed by atoms with Crippen LogP contribution in [0.3, 0.4) is 0 Å². The number of methoxy groups -OCH3 is 1. The summed E-state index contributed by atoms with van der Waals surface area (Å²) in [4.78, 5) is 40.1. The maximum atomic E-state index is 13.8. The molecule has 45 heavy (non-hydrogen) atoms. The molecule has 1 aliphatic heterocycles. The van der Waals surface area contributed by atoms with Crippen molar-refractivity contribution in [1.29, 1.82) is 0 Å². The Bertz CT molecular complexity index is 1120. The van der Waals surface area contributed by atoms with Gasteiger partial charge in [-0.3, -0.25) is 14.4 Å². The summed E-state index contributed by atoms with van der Waals surface area (Å²) in [7, 11) is 1.46. The Morgan fingerprint density at radius 1 is 1.13 bits per heavy atom. The van der Waals surface area contributed by atoms with Crippen molar-refractivity contribution in [3.8, 4) is 11.5 Å². The third-order valence-electron chi connectivity index (χ3n) is 8.50. The molecule has 4 atom stereocenters. The van der Waals surface area contributed by atoms with Crippen LogP contribution in [0.4, 0.5) is 0 Å². The molecule has 1 heterocycles. The van der Waals surface area contributed by atoms with Crippen LogP contribution in [0.15, 0.2) is 23.8 Å². The lowest BCUT2D eigenvalue weighted by Crippen LogP contribution is -2.56. The van der Waals surface area contributed by atoms with Crippen LogP contribution in [0.1, 0.15) is 101 Å². The maximum absolute atomic E-state index is 13.8. The first-order chi connectivity index (χ1) is 21.8. The molecule has 1 saturated heterocycles. The SMILES string of the molecule is CCCCCCCCCCCC(=O)N(CC1CCCO1)C1CC(C(=O)NCCO)=CC(Oc2c(I)cc(C=O)cc2OC)C1O. The Hall–Kier alpha value is -2.22. The van der Waals surface area contributed by atoms with Crippen LogP contribution in [-0.4, -0.2) is 91.0 Å². The molecule has 252 valence electrons. The number of benzene rings is 1. The Balaban J connectivity index is 1.81. The van der Waals surface area contributed by atoms with Crippen molar-refractivity contribution in [3.05, 3.63) is 32.9 Å². The van der Waals surface area contributed by atoms with Gasteiger partial charge in [-0.1, -0.05) is 58.3 Å². The number of carbonyl (C=O) groups excluding carboxylic acids is 3. The number of hydrogen-bond acceptors (Lipinski definition) is 8. The van der Waals surface area contributed by atoms with Crippen molar-refractivity contribution in [2.45, 2.75) is 115 Å². The van der Waals surface area contributed by atoms with Crippen LogP contribution in [0.5, 0.6) is 11.5 Å². The number of ether oxygens (including phenoxy) is 3. The average molecular weight is 743 g/mol. The molecule has 2 aliphatic rings. The van der Waals surface area contributed by atoms with Gasteiger partial charge in [-0.05, 0) is 60.1 Å². The molecule has 11 heteroatoms. The van der Waals surface area contributed by atoms with E-state index in [1.807, 2.05) is 22.6 Å². The van der Waals surface area contributed by atoms with Gasteiger partial charge in [-0.2, -0.15) is 0 Å². The highest BCUT2D eigenvalue weighted by Crippen LogP contribution is 2.37. The van der Waals surface area contributed by atoms with Crippen LogP contribution in [0, 0.1) is 3.57 Å². The van der Waals surface area contributed by atoms with E-state index >= 15 is 0 Å². The minimum atomic E-state index is -1.15. The summed E-state index contributed by atoms with van der Waals surface area (Å²) in [6.45, 7) is 3.03. The zero-order valence-electron chi connectivity index (χ0n) is 26.8. The molecule has 1 fully saturated rings. The molecule has 0 bridgehead atoms. The zero-order chi connectivity index (χ0) is 32.6. The van der Waals surface area contributed by atoms with E-state index in [1.54, 1.807) is 23.1 Å². The van der Waals surface area contributed by atoms with Gasteiger partial charge in [-0.25, -0.2) is 0 Å². The third kappa shape index (κ3) is 11.5. The molecule has 2 amide bonds. The zero-order valence-corrected chi connectivity index (χ0v) is 29.0. The first kappa shape index (κ1) is 37.2. The normalized spacial score (nSPS) is 21.2. The standard InChI is InChI=1S/C34H51IN2O8/c1-3-4-5-6-7-8-9-10-11-14-31(40)37(22-26-13-12-17-44-26)28-20-25(34(42)36-15-16-38)21-29(32(28)41)45-33-27(35)18-24(23-39)19-30(33)43-2/h18-19,21,23,26,28-29,32,38,41H,3-17,20,22H2,1-2H3,(H,36,42). The lowest BCUT2D eigenvalue weighted by atomic mass is 9.87. The van der Waals surface area contributed by atoms with Crippen LogP contribution < -0.4 is 14.8 Å². The molecule has 1 aliphatic carbocycles. The topological polar surface area (TPSA) is 135 Å². The highest BCUT2D eigenvalue weighted by Gasteiger charge is 2.41. The van der Waals surface area contributed by atoms with Crippen LogP contribution in [-0.2, 0) is 14.3 Å². The Morgan fingerprint density at radius 2 is 1.84 bits per heavy atom. The molecule has 0 saturated carbocycles. The molecule has 0 radical (unpaired) electrons. The smallest absolute Gasteiger partial charge is 0.247 e. The molecule has 3 N–H and O–H groups in total. The highest BCUT2D eigenvalue weighted by molar-refractivity contribution is 14.1. The Kier molecular flexibility index (Phi) is 16.6. The van der Waals surface area contributed by atoms with Crippen molar-refractivity contribution in [2.75, 3.05) is 33.4 Å². The lowest BCUT2D eigenvalue weighted by Gasteiger charge is -2.41. The molecule has 0 spiro atoms. The van der Waals surface area contributed by atoms with E-state index in [-0.39, 0.29) is 31.6 Å². The van der Waals surface area contributed by atoms with E-state index in [9.17, 15) is 24.6 Å². The predicted molar refractivity (Wildman–Crippen MR) is 181 cm³/mol. The van der Waals surface area contributed by atoms with Gasteiger partial charge in [0, 0.05) is 43.7 Å². The van der Waals surface area contributed by atoms with Crippen molar-refractivity contribution in [3.63, 3.8) is 0 Å². The number of nitrogens with one attached hydrogen (secondary N) is 1. The van der Waals surface area contributed by atoms with Gasteiger partial charge in [0.1, 0.15) is 18.5 Å². The fourth-order valence-electron chi connectivity index (χ4n) is 6.00. The summed E-state index contributed by atoms with van der Waals surface area (Å²) in [6, 6.07) is 2.46. The quantitative estimate of drug-likeness (QED) is 0.0971. The summed E-state index contributed by atoms with van der Waals surface area (Å²) < 4.78 is 18.3. The predicted octanol–water partition coefficient (Wildman–Crippen LogP) is 4.96. The van der Waals surface area contributed by atoms with E-state index in [4.69, 9.17) is 14.2 Å². The largest absolute Gasteiger partial charge is 0.493 e. The fourth-order valence-corrected chi connectivity index (χ4v) is 6.75. The molecular weight excluding hydrogens is 691 g/mol. The van der Waals surface area contributed by atoms with Gasteiger partial charge in [0.25, 0.3) is 0 Å². The van der Waals surface area contributed by atoms with Gasteiger partial charge in [0.15, 0.2) is 11.5 Å². The van der Waals surface area contributed by atoms with E-state index in [2.05, 4.69) is 12.2 Å². The van der Waals surface area contributed by atoms with Crippen molar-refractivity contribution in [2.24, 2.45) is 0 Å². The number of unbranched alkanes of at least 4 members (excludes halogenated alkanes) is 8. The summed E-state index contributed by atoms with van der Waals surface area (Å²) >= 11 is 2.04. The summed E-state index contributed by atoms with van der Waals surface area (Å²) in [5, 5.41) is 23.7. The minimum Gasteiger partial charge on any atom is -0.493 e. The first-order valence-corrected chi connectivity index (χ1v) is 17.6. The summed E-state index contributed by atoms with van der Waals surface area (Å²) in [5.41, 5.74) is 0.769. The van der Waals surface area contributed by atoms with Crippen molar-refractivity contribution >= 4 is 40.7 Å². The van der Waals surface area contributed by atoms with Crippen LogP contribution >= 0.6 is 22.6 Å². The number of carbonyl (C=O) groups is 3. The van der Waals surface area contributed by atoms with E-state index < -0.39 is 24.2 Å². The molecule has 0 aromatic heterocycles. The number of aldehydes is 1. The maximum Gasteiger partial charge on any atom is 0.247 e. The van der Waals surface area contributed by atoms with E-state index in [1.165, 1.54) is 45.6 Å². The van der Waals surface area contributed by atoms with Crippen LogP contribution in [0.2, 0.25) is 0 Å². The minimum absolute atomic E-state index is 0.0734. The highest BCUT2D eigenvalue weighted by atomic mass is 127. The third-order valence-corrected chi connectivity index (χ3v) is 9.30. The van der Waals surface area contributed by atoms with Gasteiger partial charge in [-0.15, -0.1) is 0 Å². The average Bonchev–Trinajstić information content (AvgIpc) is 3.56. The lowest BCUT2D eigenvalue weighted by molar-refractivity contribution is -0.141.